The number of nitrogens with one attached hydrogen (secondary N) is 1. The fourth-order valence-corrected chi connectivity index (χ4v) is 3.39. The lowest BCUT2D eigenvalue weighted by Crippen LogP contribution is -2.50. The van der Waals surface area contributed by atoms with Crippen molar-refractivity contribution < 1.29 is 19.4 Å². The second kappa shape index (κ2) is 6.47. The summed E-state index contributed by atoms with van der Waals surface area (Å²) >= 11 is 1.28. The number of hydrogen-bond donors (Lipinski definition) is 2. The van der Waals surface area contributed by atoms with E-state index < -0.39 is 11.5 Å². The van der Waals surface area contributed by atoms with Gasteiger partial charge in [0.15, 0.2) is 0 Å². The second-order valence-corrected chi connectivity index (χ2v) is 6.53. The van der Waals surface area contributed by atoms with Gasteiger partial charge in [-0.2, -0.15) is 0 Å². The maximum absolute atomic E-state index is 12.4. The molecule has 2 N–H and O–H groups in total. The number of aromatic nitrogens is 1. The lowest BCUT2D eigenvalue weighted by molar-refractivity contribution is -0.138. The zero-order valence-electron chi connectivity index (χ0n) is 12.3. The van der Waals surface area contributed by atoms with Gasteiger partial charge in [0.1, 0.15) is 9.88 Å². The quantitative estimate of drug-likeness (QED) is 0.876. The third-order valence-corrected chi connectivity index (χ3v) is 4.77. The Hall–Kier alpha value is -2.25. The van der Waals surface area contributed by atoms with Crippen LogP contribution < -0.4 is 5.32 Å². The van der Waals surface area contributed by atoms with Crippen molar-refractivity contribution in [3.63, 3.8) is 0 Å². The molecule has 0 radical (unpaired) electrons. The van der Waals surface area contributed by atoms with Gasteiger partial charge in [0.25, 0.3) is 5.91 Å². The Kier molecular flexibility index (Phi) is 4.40. The van der Waals surface area contributed by atoms with Crippen LogP contribution in [0, 0.1) is 0 Å². The zero-order chi connectivity index (χ0) is 16.3. The highest BCUT2D eigenvalue weighted by Gasteiger charge is 2.39. The number of carboxylic acids is 1. The van der Waals surface area contributed by atoms with Crippen LogP contribution in [0.3, 0.4) is 0 Å². The number of nitrogens with zero attached hydrogens (tertiary/aromatic N) is 1. The Morgan fingerprint density at radius 3 is 2.78 bits per heavy atom. The molecule has 2 aromatic rings. The average Bonchev–Trinajstić information content (AvgIpc) is 3.17. The fourth-order valence-electron chi connectivity index (χ4n) is 2.57. The number of benzene rings is 1. The SMILES string of the molecule is O=C(O)CC1(NC(=O)c2cnc(-c3ccccc3)s2)CCOC1. The van der Waals surface area contributed by atoms with E-state index in [1.165, 1.54) is 17.5 Å². The standard InChI is InChI=1S/C16H16N2O4S/c19-13(20)8-16(6-7-22-10-16)18-14(21)12-9-17-15(23-12)11-4-2-1-3-5-11/h1-5,9H,6-8,10H2,(H,18,21)(H,19,20). The minimum Gasteiger partial charge on any atom is -0.481 e. The highest BCUT2D eigenvalue weighted by molar-refractivity contribution is 7.16. The second-order valence-electron chi connectivity index (χ2n) is 5.50. The minimum absolute atomic E-state index is 0.150. The molecule has 0 aliphatic carbocycles. The molecule has 1 aliphatic heterocycles. The van der Waals surface area contributed by atoms with Crippen LogP contribution >= 0.6 is 11.3 Å². The van der Waals surface area contributed by atoms with Gasteiger partial charge in [-0.3, -0.25) is 9.59 Å². The molecule has 1 atom stereocenters. The van der Waals surface area contributed by atoms with Crippen molar-refractivity contribution in [2.45, 2.75) is 18.4 Å². The molecule has 2 heterocycles. The van der Waals surface area contributed by atoms with E-state index in [4.69, 9.17) is 9.84 Å². The molecule has 1 aliphatic rings. The number of ether oxygens (including phenoxy) is 1. The molecule has 0 spiro atoms. The summed E-state index contributed by atoms with van der Waals surface area (Å²) in [5, 5.41) is 12.6. The van der Waals surface area contributed by atoms with Crippen molar-refractivity contribution in [1.82, 2.24) is 10.3 Å². The van der Waals surface area contributed by atoms with Gasteiger partial charge in [0, 0.05) is 12.2 Å². The number of amides is 1. The lowest BCUT2D eigenvalue weighted by atomic mass is 9.94. The summed E-state index contributed by atoms with van der Waals surface area (Å²) < 4.78 is 5.28. The molecular weight excluding hydrogens is 316 g/mol. The summed E-state index contributed by atoms with van der Waals surface area (Å²) in [6, 6.07) is 9.59. The van der Waals surface area contributed by atoms with Gasteiger partial charge < -0.3 is 15.2 Å². The smallest absolute Gasteiger partial charge is 0.305 e. The Balaban J connectivity index is 1.76. The van der Waals surface area contributed by atoms with Crippen LogP contribution in [0.5, 0.6) is 0 Å². The molecule has 23 heavy (non-hydrogen) atoms. The van der Waals surface area contributed by atoms with E-state index >= 15 is 0 Å². The molecule has 7 heteroatoms. The van der Waals surface area contributed by atoms with E-state index in [2.05, 4.69) is 10.3 Å². The molecule has 1 unspecified atom stereocenters. The first-order valence-electron chi connectivity index (χ1n) is 7.21. The summed E-state index contributed by atoms with van der Waals surface area (Å²) in [5.41, 5.74) is 0.112. The van der Waals surface area contributed by atoms with Crippen LogP contribution in [0.2, 0.25) is 0 Å². The molecular formula is C16H16N2O4S. The molecule has 1 saturated heterocycles. The molecule has 1 aromatic carbocycles. The Morgan fingerprint density at radius 2 is 2.13 bits per heavy atom. The number of hydrogen-bond acceptors (Lipinski definition) is 5. The number of rotatable bonds is 5. The molecule has 3 rings (SSSR count). The number of carbonyl (C=O) groups is 2. The van der Waals surface area contributed by atoms with Gasteiger partial charge in [-0.05, 0) is 6.42 Å². The van der Waals surface area contributed by atoms with E-state index in [1.54, 1.807) is 0 Å². The molecule has 120 valence electrons. The first-order valence-corrected chi connectivity index (χ1v) is 8.03. The Bertz CT molecular complexity index is 708. The zero-order valence-corrected chi connectivity index (χ0v) is 13.1. The lowest BCUT2D eigenvalue weighted by Gasteiger charge is -2.26. The van der Waals surface area contributed by atoms with E-state index in [0.29, 0.717) is 17.9 Å². The van der Waals surface area contributed by atoms with Crippen LogP contribution in [-0.4, -0.2) is 40.7 Å². The van der Waals surface area contributed by atoms with Crippen molar-refractivity contribution in [1.29, 1.82) is 0 Å². The Labute approximate surface area is 137 Å². The monoisotopic (exact) mass is 332 g/mol. The highest BCUT2D eigenvalue weighted by Crippen LogP contribution is 2.27. The predicted molar refractivity (Wildman–Crippen MR) is 85.4 cm³/mol. The van der Waals surface area contributed by atoms with Crippen LogP contribution in [0.4, 0.5) is 0 Å². The van der Waals surface area contributed by atoms with Gasteiger partial charge >= 0.3 is 5.97 Å². The van der Waals surface area contributed by atoms with Gasteiger partial charge in [0.05, 0.1) is 24.8 Å². The summed E-state index contributed by atoms with van der Waals surface area (Å²) in [4.78, 5) is 28.2. The number of thiazole rings is 1. The van der Waals surface area contributed by atoms with E-state index in [9.17, 15) is 9.59 Å². The normalized spacial score (nSPS) is 20.3. The molecule has 1 aromatic heterocycles. The van der Waals surface area contributed by atoms with Crippen LogP contribution in [-0.2, 0) is 9.53 Å². The maximum atomic E-state index is 12.4. The number of carbonyl (C=O) groups excluding carboxylic acids is 1. The largest absolute Gasteiger partial charge is 0.481 e. The third kappa shape index (κ3) is 3.57. The van der Waals surface area contributed by atoms with Gasteiger partial charge in [-0.25, -0.2) is 4.98 Å². The van der Waals surface area contributed by atoms with E-state index in [0.717, 1.165) is 10.6 Å². The highest BCUT2D eigenvalue weighted by atomic mass is 32.1. The van der Waals surface area contributed by atoms with Crippen molar-refractivity contribution in [3.05, 3.63) is 41.4 Å². The van der Waals surface area contributed by atoms with Gasteiger partial charge in [0.2, 0.25) is 0 Å². The van der Waals surface area contributed by atoms with E-state index in [-0.39, 0.29) is 18.9 Å². The average molecular weight is 332 g/mol. The summed E-state index contributed by atoms with van der Waals surface area (Å²) in [7, 11) is 0. The third-order valence-electron chi connectivity index (χ3n) is 3.72. The van der Waals surface area contributed by atoms with E-state index in [1.807, 2.05) is 30.3 Å². The van der Waals surface area contributed by atoms with Gasteiger partial charge in [-0.1, -0.05) is 30.3 Å². The Morgan fingerprint density at radius 1 is 1.35 bits per heavy atom. The van der Waals surface area contributed by atoms with Crippen LogP contribution in [0.15, 0.2) is 36.5 Å². The fraction of sp³-hybridized carbons (Fsp3) is 0.312. The van der Waals surface area contributed by atoms with Crippen molar-refractivity contribution in [2.24, 2.45) is 0 Å². The van der Waals surface area contributed by atoms with Crippen LogP contribution in [0.1, 0.15) is 22.5 Å². The topological polar surface area (TPSA) is 88.5 Å². The van der Waals surface area contributed by atoms with Crippen molar-refractivity contribution >= 4 is 23.2 Å². The maximum Gasteiger partial charge on any atom is 0.305 e. The minimum atomic E-state index is -0.954. The van der Waals surface area contributed by atoms with Crippen LogP contribution in [0.25, 0.3) is 10.6 Å². The summed E-state index contributed by atoms with van der Waals surface area (Å²) in [6.45, 7) is 0.668. The van der Waals surface area contributed by atoms with Gasteiger partial charge in [-0.15, -0.1) is 11.3 Å². The molecule has 1 fully saturated rings. The first kappa shape index (κ1) is 15.6. The van der Waals surface area contributed by atoms with Crippen molar-refractivity contribution in [2.75, 3.05) is 13.2 Å². The predicted octanol–water partition coefficient (Wildman–Crippen LogP) is 2.17. The number of carboxylic acid groups (broad SMARTS) is 1. The summed E-state index contributed by atoms with van der Waals surface area (Å²) in [6.07, 6.45) is 1.87. The molecule has 0 saturated carbocycles. The molecule has 6 nitrogen and oxygen atoms in total. The van der Waals surface area contributed by atoms with Crippen molar-refractivity contribution in [3.8, 4) is 10.6 Å². The molecule has 1 amide bonds. The first-order chi connectivity index (χ1) is 11.1. The number of aliphatic carboxylic acids is 1. The summed E-state index contributed by atoms with van der Waals surface area (Å²) in [5.74, 6) is -1.26. The molecule has 0 bridgehead atoms.